The molecule has 0 aliphatic heterocycles. The molecule has 0 saturated heterocycles. The predicted molar refractivity (Wildman–Crippen MR) is 91.9 cm³/mol. The lowest BCUT2D eigenvalue weighted by Crippen LogP contribution is -1.82. The summed E-state index contributed by atoms with van der Waals surface area (Å²) in [6.45, 7) is 2.09. The molecule has 0 bridgehead atoms. The first-order valence-electron chi connectivity index (χ1n) is 7.58. The lowest BCUT2D eigenvalue weighted by Gasteiger charge is -2.01. The molecule has 2 aromatic carbocycles. The van der Waals surface area contributed by atoms with Crippen LogP contribution >= 0.6 is 0 Å². The highest BCUT2D eigenvalue weighted by Gasteiger charge is 2.11. The van der Waals surface area contributed by atoms with Gasteiger partial charge in [-0.15, -0.1) is 0 Å². The normalized spacial score (nSPS) is 10.8. The van der Waals surface area contributed by atoms with E-state index in [0.29, 0.717) is 0 Å². The zero-order chi connectivity index (χ0) is 15.6. The Hall–Kier alpha value is -3.07. The van der Waals surface area contributed by atoms with Crippen LogP contribution in [0.15, 0.2) is 77.3 Å². The average molecular weight is 300 g/mol. The van der Waals surface area contributed by atoms with Crippen molar-refractivity contribution in [2.24, 2.45) is 0 Å². The van der Waals surface area contributed by atoms with Crippen molar-refractivity contribution in [3.63, 3.8) is 0 Å². The van der Waals surface area contributed by atoms with Gasteiger partial charge in [0.05, 0.1) is 11.9 Å². The van der Waals surface area contributed by atoms with Gasteiger partial charge >= 0.3 is 0 Å². The molecule has 0 aliphatic carbocycles. The lowest BCUT2D eigenvalue weighted by molar-refractivity contribution is 0.593. The Bertz CT molecular complexity index is 935. The fraction of sp³-hybridized carbons (Fsp3) is 0.0500. The quantitative estimate of drug-likeness (QED) is 0.557. The van der Waals surface area contributed by atoms with Crippen molar-refractivity contribution in [3.05, 3.63) is 78.5 Å². The van der Waals surface area contributed by atoms with E-state index in [9.17, 15) is 0 Å². The Balaban J connectivity index is 1.68. The van der Waals surface area contributed by atoms with E-state index in [2.05, 4.69) is 29.0 Å². The van der Waals surface area contributed by atoms with Crippen LogP contribution in [0.25, 0.3) is 34.2 Å². The molecule has 4 aromatic rings. The van der Waals surface area contributed by atoms with Gasteiger partial charge in [0, 0.05) is 11.1 Å². The van der Waals surface area contributed by atoms with Crippen LogP contribution in [-0.4, -0.2) is 9.97 Å². The Morgan fingerprint density at radius 1 is 0.826 bits per heavy atom. The maximum atomic E-state index is 5.94. The van der Waals surface area contributed by atoms with Crippen LogP contribution in [0.2, 0.25) is 0 Å². The molecule has 2 heterocycles. The summed E-state index contributed by atoms with van der Waals surface area (Å²) in [6, 6.07) is 22.2. The second kappa shape index (κ2) is 5.61. The van der Waals surface area contributed by atoms with Crippen LogP contribution in [0.5, 0.6) is 0 Å². The number of hydrogen-bond acceptors (Lipinski definition) is 2. The van der Waals surface area contributed by atoms with Crippen molar-refractivity contribution in [2.45, 2.75) is 6.92 Å². The van der Waals surface area contributed by atoms with Gasteiger partial charge in [-0.2, -0.15) is 0 Å². The standard InChI is InChI=1S/C20H16N2O/c1-14-7-5-6-10-16(14)17-13-21-20(22-17)19-12-11-18(23-19)15-8-3-2-4-9-15/h2-13H,1H3,(H,21,22). The molecule has 0 fully saturated rings. The van der Waals surface area contributed by atoms with E-state index < -0.39 is 0 Å². The van der Waals surface area contributed by atoms with Crippen LogP contribution < -0.4 is 0 Å². The summed E-state index contributed by atoms with van der Waals surface area (Å²) in [5.41, 5.74) is 4.42. The van der Waals surface area contributed by atoms with E-state index >= 15 is 0 Å². The predicted octanol–water partition coefficient (Wildman–Crippen LogP) is 5.31. The third kappa shape index (κ3) is 2.57. The van der Waals surface area contributed by atoms with Crippen molar-refractivity contribution in [1.82, 2.24) is 9.97 Å². The summed E-state index contributed by atoms with van der Waals surface area (Å²) in [4.78, 5) is 7.81. The van der Waals surface area contributed by atoms with E-state index in [-0.39, 0.29) is 0 Å². The molecule has 0 amide bonds. The van der Waals surface area contributed by atoms with E-state index in [1.165, 1.54) is 5.56 Å². The maximum Gasteiger partial charge on any atom is 0.174 e. The summed E-state index contributed by atoms with van der Waals surface area (Å²) < 4.78 is 5.94. The SMILES string of the molecule is Cc1ccccc1-c1cnc(-c2ccc(-c3ccccc3)o2)[nH]1. The van der Waals surface area contributed by atoms with Crippen LogP contribution in [0.4, 0.5) is 0 Å². The van der Waals surface area contributed by atoms with E-state index in [1.807, 2.05) is 60.8 Å². The fourth-order valence-corrected chi connectivity index (χ4v) is 2.68. The zero-order valence-corrected chi connectivity index (χ0v) is 12.8. The van der Waals surface area contributed by atoms with Crippen molar-refractivity contribution in [1.29, 1.82) is 0 Å². The highest BCUT2D eigenvalue weighted by atomic mass is 16.3. The molecule has 23 heavy (non-hydrogen) atoms. The number of aryl methyl sites for hydroxylation is 1. The molecule has 3 nitrogen and oxygen atoms in total. The van der Waals surface area contributed by atoms with Crippen LogP contribution in [0, 0.1) is 6.92 Å². The van der Waals surface area contributed by atoms with Gasteiger partial charge in [0.15, 0.2) is 11.6 Å². The summed E-state index contributed by atoms with van der Waals surface area (Å²) in [5, 5.41) is 0. The lowest BCUT2D eigenvalue weighted by atomic mass is 10.1. The summed E-state index contributed by atoms with van der Waals surface area (Å²) in [7, 11) is 0. The minimum Gasteiger partial charge on any atom is -0.453 e. The molecule has 4 rings (SSSR count). The van der Waals surface area contributed by atoms with Gasteiger partial charge in [-0.25, -0.2) is 4.98 Å². The van der Waals surface area contributed by atoms with Gasteiger partial charge in [-0.3, -0.25) is 0 Å². The monoisotopic (exact) mass is 300 g/mol. The minimum absolute atomic E-state index is 0.740. The molecule has 1 N–H and O–H groups in total. The first-order chi connectivity index (χ1) is 11.3. The van der Waals surface area contributed by atoms with Gasteiger partial charge in [-0.1, -0.05) is 54.6 Å². The van der Waals surface area contributed by atoms with E-state index in [1.54, 1.807) is 0 Å². The highest BCUT2D eigenvalue weighted by Crippen LogP contribution is 2.29. The molecule has 0 aliphatic rings. The molecular weight excluding hydrogens is 284 g/mol. The molecule has 0 unspecified atom stereocenters. The van der Waals surface area contributed by atoms with Crippen molar-refractivity contribution in [3.8, 4) is 34.2 Å². The van der Waals surface area contributed by atoms with Gasteiger partial charge in [-0.05, 0) is 24.6 Å². The number of hydrogen-bond donors (Lipinski definition) is 1. The minimum atomic E-state index is 0.740. The van der Waals surface area contributed by atoms with Gasteiger partial charge in [0.1, 0.15) is 5.76 Å². The van der Waals surface area contributed by atoms with Gasteiger partial charge in [0.2, 0.25) is 0 Å². The number of nitrogens with one attached hydrogen (secondary N) is 1. The van der Waals surface area contributed by atoms with Gasteiger partial charge in [0.25, 0.3) is 0 Å². The van der Waals surface area contributed by atoms with Gasteiger partial charge < -0.3 is 9.40 Å². The molecule has 0 saturated carbocycles. The zero-order valence-electron chi connectivity index (χ0n) is 12.8. The third-order valence-corrected chi connectivity index (χ3v) is 3.91. The van der Waals surface area contributed by atoms with Crippen LogP contribution in [0.1, 0.15) is 5.56 Å². The number of imidazole rings is 1. The summed E-state index contributed by atoms with van der Waals surface area (Å²) >= 11 is 0. The first kappa shape index (κ1) is 13.6. The van der Waals surface area contributed by atoms with E-state index in [4.69, 9.17) is 4.42 Å². The number of H-pyrrole nitrogens is 1. The third-order valence-electron chi connectivity index (χ3n) is 3.91. The van der Waals surface area contributed by atoms with Crippen LogP contribution in [-0.2, 0) is 0 Å². The molecule has 0 atom stereocenters. The molecular formula is C20H16N2O. The second-order valence-corrected chi connectivity index (χ2v) is 5.49. The summed E-state index contributed by atoms with van der Waals surface area (Å²) in [5.74, 6) is 2.32. The number of benzene rings is 2. The Morgan fingerprint density at radius 2 is 1.57 bits per heavy atom. The Kier molecular flexibility index (Phi) is 3.31. The number of rotatable bonds is 3. The maximum absolute atomic E-state index is 5.94. The van der Waals surface area contributed by atoms with Crippen molar-refractivity contribution < 1.29 is 4.42 Å². The molecule has 0 radical (unpaired) electrons. The Labute approximate surface area is 134 Å². The van der Waals surface area contributed by atoms with Crippen LogP contribution in [0.3, 0.4) is 0 Å². The molecule has 3 heteroatoms. The Morgan fingerprint density at radius 3 is 2.39 bits per heavy atom. The fourth-order valence-electron chi connectivity index (χ4n) is 2.68. The molecule has 0 spiro atoms. The molecule has 2 aromatic heterocycles. The number of aromatic amines is 1. The smallest absolute Gasteiger partial charge is 0.174 e. The average Bonchev–Trinajstić information content (AvgIpc) is 3.25. The number of nitrogens with zero attached hydrogens (tertiary/aromatic N) is 1. The second-order valence-electron chi connectivity index (χ2n) is 5.49. The molecule has 112 valence electrons. The van der Waals surface area contributed by atoms with Crippen molar-refractivity contribution >= 4 is 0 Å². The first-order valence-corrected chi connectivity index (χ1v) is 7.58. The topological polar surface area (TPSA) is 41.8 Å². The van der Waals surface area contributed by atoms with E-state index in [0.717, 1.165) is 34.2 Å². The largest absolute Gasteiger partial charge is 0.453 e. The number of aromatic nitrogens is 2. The van der Waals surface area contributed by atoms with Crippen molar-refractivity contribution in [2.75, 3.05) is 0 Å². The highest BCUT2D eigenvalue weighted by molar-refractivity contribution is 5.67. The number of furan rings is 1. The summed E-state index contributed by atoms with van der Waals surface area (Å²) in [6.07, 6.45) is 1.85.